The SMILES string of the molecule is CN(C(=O)c1cc(C(=O)O)cn1C)C1CCOCC1. The third kappa shape index (κ3) is 2.78. The van der Waals surface area contributed by atoms with Crippen molar-refractivity contribution in [2.45, 2.75) is 18.9 Å². The Hall–Kier alpha value is -1.82. The maximum atomic E-state index is 12.4. The van der Waals surface area contributed by atoms with Crippen molar-refractivity contribution in [3.8, 4) is 0 Å². The molecule has 0 aliphatic carbocycles. The summed E-state index contributed by atoms with van der Waals surface area (Å²) in [7, 11) is 3.43. The predicted octanol–water partition coefficient (Wildman–Crippen LogP) is 0.974. The van der Waals surface area contributed by atoms with Crippen LogP contribution in [0.2, 0.25) is 0 Å². The highest BCUT2D eigenvalue weighted by molar-refractivity contribution is 5.96. The second-order valence-corrected chi connectivity index (χ2v) is 4.79. The van der Waals surface area contributed by atoms with Crippen molar-refractivity contribution in [3.63, 3.8) is 0 Å². The van der Waals surface area contributed by atoms with Crippen molar-refractivity contribution in [1.82, 2.24) is 9.47 Å². The third-order valence-corrected chi connectivity index (χ3v) is 3.53. The predicted molar refractivity (Wildman–Crippen MR) is 68.3 cm³/mol. The van der Waals surface area contributed by atoms with Gasteiger partial charge in [-0.25, -0.2) is 4.79 Å². The van der Waals surface area contributed by atoms with Gasteiger partial charge >= 0.3 is 5.97 Å². The molecular weight excluding hydrogens is 248 g/mol. The van der Waals surface area contributed by atoms with Gasteiger partial charge in [0, 0.05) is 39.5 Å². The Morgan fingerprint density at radius 1 is 1.42 bits per heavy atom. The number of ether oxygens (including phenoxy) is 1. The van der Waals surface area contributed by atoms with Gasteiger partial charge in [-0.3, -0.25) is 4.79 Å². The first-order valence-corrected chi connectivity index (χ1v) is 6.25. The van der Waals surface area contributed by atoms with Crippen LogP contribution in [0.4, 0.5) is 0 Å². The molecule has 0 aromatic carbocycles. The zero-order valence-electron chi connectivity index (χ0n) is 11.1. The van der Waals surface area contributed by atoms with E-state index in [1.165, 1.54) is 12.3 Å². The Labute approximate surface area is 111 Å². The Bertz CT molecular complexity index is 489. The number of nitrogens with zero attached hydrogens (tertiary/aromatic N) is 2. The average Bonchev–Trinajstić information content (AvgIpc) is 2.80. The molecule has 1 amide bonds. The monoisotopic (exact) mass is 266 g/mol. The van der Waals surface area contributed by atoms with Crippen LogP contribution in [0, 0.1) is 0 Å². The van der Waals surface area contributed by atoms with Crippen LogP contribution < -0.4 is 0 Å². The van der Waals surface area contributed by atoms with Crippen molar-refractivity contribution >= 4 is 11.9 Å². The van der Waals surface area contributed by atoms with Crippen LogP contribution in [0.5, 0.6) is 0 Å². The van der Waals surface area contributed by atoms with Gasteiger partial charge < -0.3 is 19.3 Å². The number of aromatic nitrogens is 1. The van der Waals surface area contributed by atoms with Crippen molar-refractivity contribution in [1.29, 1.82) is 0 Å². The minimum absolute atomic E-state index is 0.131. The molecule has 1 N–H and O–H groups in total. The summed E-state index contributed by atoms with van der Waals surface area (Å²) in [6.45, 7) is 1.32. The molecule has 1 aliphatic rings. The number of carbonyl (C=O) groups is 2. The van der Waals surface area contributed by atoms with Crippen LogP contribution in [0.3, 0.4) is 0 Å². The number of carboxylic acids is 1. The third-order valence-electron chi connectivity index (χ3n) is 3.53. The summed E-state index contributed by atoms with van der Waals surface area (Å²) in [6, 6.07) is 1.57. The first-order valence-electron chi connectivity index (χ1n) is 6.25. The second-order valence-electron chi connectivity index (χ2n) is 4.79. The highest BCUT2D eigenvalue weighted by Crippen LogP contribution is 2.17. The van der Waals surface area contributed by atoms with Crippen LogP contribution in [0.1, 0.15) is 33.7 Å². The first kappa shape index (κ1) is 13.6. The number of carbonyl (C=O) groups excluding carboxylic acids is 1. The quantitative estimate of drug-likeness (QED) is 0.885. The van der Waals surface area contributed by atoms with E-state index in [1.807, 2.05) is 0 Å². The van der Waals surface area contributed by atoms with E-state index >= 15 is 0 Å². The average molecular weight is 266 g/mol. The number of aryl methyl sites for hydroxylation is 1. The lowest BCUT2D eigenvalue weighted by Crippen LogP contribution is -2.41. The summed E-state index contributed by atoms with van der Waals surface area (Å²) in [5, 5.41) is 8.94. The number of carboxylic acid groups (broad SMARTS) is 1. The minimum atomic E-state index is -1.02. The number of hydrogen-bond acceptors (Lipinski definition) is 3. The molecule has 6 heteroatoms. The molecular formula is C13H18N2O4. The zero-order chi connectivity index (χ0) is 14.0. The van der Waals surface area contributed by atoms with Gasteiger partial charge in [0.05, 0.1) is 5.56 Å². The van der Waals surface area contributed by atoms with Gasteiger partial charge in [-0.05, 0) is 18.9 Å². The first-order chi connectivity index (χ1) is 9.00. The number of aromatic carboxylic acids is 1. The topological polar surface area (TPSA) is 71.8 Å². The lowest BCUT2D eigenvalue weighted by molar-refractivity contribution is 0.0357. The molecule has 1 saturated heterocycles. The van der Waals surface area contributed by atoms with E-state index in [-0.39, 0.29) is 17.5 Å². The van der Waals surface area contributed by atoms with Gasteiger partial charge in [-0.1, -0.05) is 0 Å². The molecule has 1 fully saturated rings. The lowest BCUT2D eigenvalue weighted by Gasteiger charge is -2.31. The molecule has 19 heavy (non-hydrogen) atoms. The molecule has 0 unspecified atom stereocenters. The summed E-state index contributed by atoms with van der Waals surface area (Å²) in [4.78, 5) is 25.0. The Morgan fingerprint density at radius 2 is 2.05 bits per heavy atom. The standard InChI is InChI=1S/C13H18N2O4/c1-14-8-9(13(17)18)7-11(14)12(16)15(2)10-3-5-19-6-4-10/h7-8,10H,3-6H2,1-2H3,(H,17,18). The molecule has 0 spiro atoms. The highest BCUT2D eigenvalue weighted by Gasteiger charge is 2.25. The maximum absolute atomic E-state index is 12.4. The number of hydrogen-bond donors (Lipinski definition) is 1. The number of rotatable bonds is 3. The molecule has 0 radical (unpaired) electrons. The normalized spacial score (nSPS) is 16.3. The second kappa shape index (κ2) is 5.44. The molecule has 104 valence electrons. The van der Waals surface area contributed by atoms with Crippen LogP contribution in [0.15, 0.2) is 12.3 Å². The molecule has 0 saturated carbocycles. The fourth-order valence-corrected chi connectivity index (χ4v) is 2.31. The van der Waals surface area contributed by atoms with E-state index in [0.717, 1.165) is 12.8 Å². The summed E-state index contributed by atoms with van der Waals surface area (Å²) in [5.41, 5.74) is 0.526. The Morgan fingerprint density at radius 3 is 2.58 bits per heavy atom. The molecule has 1 aromatic rings. The summed E-state index contributed by atoms with van der Waals surface area (Å²) < 4.78 is 6.83. The minimum Gasteiger partial charge on any atom is -0.478 e. The van der Waals surface area contributed by atoms with Crippen molar-refractivity contribution in [2.24, 2.45) is 7.05 Å². The van der Waals surface area contributed by atoms with E-state index in [2.05, 4.69) is 0 Å². The molecule has 2 rings (SSSR count). The lowest BCUT2D eigenvalue weighted by atomic mass is 10.1. The van der Waals surface area contributed by atoms with Gasteiger partial charge in [0.2, 0.25) is 0 Å². The van der Waals surface area contributed by atoms with Gasteiger partial charge in [-0.2, -0.15) is 0 Å². The Kier molecular flexibility index (Phi) is 3.90. The van der Waals surface area contributed by atoms with Crippen molar-refractivity contribution < 1.29 is 19.4 Å². The largest absolute Gasteiger partial charge is 0.478 e. The smallest absolute Gasteiger partial charge is 0.337 e. The van der Waals surface area contributed by atoms with Crippen LogP contribution in [-0.2, 0) is 11.8 Å². The van der Waals surface area contributed by atoms with Gasteiger partial charge in [0.25, 0.3) is 5.91 Å². The summed E-state index contributed by atoms with van der Waals surface area (Å²) in [6.07, 6.45) is 3.09. The van der Waals surface area contributed by atoms with Crippen LogP contribution in [0.25, 0.3) is 0 Å². The van der Waals surface area contributed by atoms with E-state index < -0.39 is 5.97 Å². The maximum Gasteiger partial charge on any atom is 0.337 e. The van der Waals surface area contributed by atoms with Crippen LogP contribution >= 0.6 is 0 Å². The molecule has 0 atom stereocenters. The van der Waals surface area contributed by atoms with E-state index in [0.29, 0.717) is 18.9 Å². The van der Waals surface area contributed by atoms with Crippen molar-refractivity contribution in [3.05, 3.63) is 23.5 Å². The van der Waals surface area contributed by atoms with Crippen LogP contribution in [-0.4, -0.2) is 52.8 Å². The fraction of sp³-hybridized carbons (Fsp3) is 0.538. The molecule has 1 aromatic heterocycles. The van der Waals surface area contributed by atoms with E-state index in [4.69, 9.17) is 9.84 Å². The highest BCUT2D eigenvalue weighted by atomic mass is 16.5. The zero-order valence-corrected chi connectivity index (χ0v) is 11.1. The van der Waals surface area contributed by atoms with E-state index in [1.54, 1.807) is 23.6 Å². The number of amides is 1. The van der Waals surface area contributed by atoms with E-state index in [9.17, 15) is 9.59 Å². The molecule has 0 bridgehead atoms. The fourth-order valence-electron chi connectivity index (χ4n) is 2.31. The molecule has 1 aliphatic heterocycles. The van der Waals surface area contributed by atoms with Gasteiger partial charge in [-0.15, -0.1) is 0 Å². The summed E-state index contributed by atoms with van der Waals surface area (Å²) in [5.74, 6) is -1.18. The molecule has 2 heterocycles. The van der Waals surface area contributed by atoms with Gasteiger partial charge in [0.15, 0.2) is 0 Å². The Balaban J connectivity index is 2.16. The van der Waals surface area contributed by atoms with Gasteiger partial charge in [0.1, 0.15) is 5.69 Å². The summed E-state index contributed by atoms with van der Waals surface area (Å²) >= 11 is 0. The van der Waals surface area contributed by atoms with Crippen molar-refractivity contribution in [2.75, 3.05) is 20.3 Å². The molecule has 6 nitrogen and oxygen atoms in total.